The first-order chi connectivity index (χ1) is 10.3. The van der Waals surface area contributed by atoms with Gasteiger partial charge in [-0.1, -0.05) is 0 Å². The van der Waals surface area contributed by atoms with E-state index >= 15 is 0 Å². The Labute approximate surface area is 130 Å². The molecule has 4 rings (SSSR count). The third kappa shape index (κ3) is 2.35. The summed E-state index contributed by atoms with van der Waals surface area (Å²) >= 11 is 3.39. The second kappa shape index (κ2) is 5.22. The van der Waals surface area contributed by atoms with Crippen molar-refractivity contribution in [2.45, 2.75) is 12.5 Å². The number of nitrogens with one attached hydrogen (secondary N) is 1. The molecule has 106 valence electrons. The second-order valence-corrected chi connectivity index (χ2v) is 6.76. The van der Waals surface area contributed by atoms with E-state index in [1.54, 1.807) is 22.7 Å². The fourth-order valence-electron chi connectivity index (χ4n) is 2.52. The van der Waals surface area contributed by atoms with Crippen LogP contribution in [0.3, 0.4) is 0 Å². The number of hydrogen-bond acceptors (Lipinski definition) is 5. The van der Waals surface area contributed by atoms with Crippen molar-refractivity contribution in [3.63, 3.8) is 0 Å². The highest BCUT2D eigenvalue weighted by Gasteiger charge is 2.14. The van der Waals surface area contributed by atoms with E-state index in [4.69, 9.17) is 0 Å². The van der Waals surface area contributed by atoms with Crippen molar-refractivity contribution in [1.82, 2.24) is 19.7 Å². The largest absolute Gasteiger partial charge is 0.313 e. The number of rotatable bonds is 4. The highest BCUT2D eigenvalue weighted by molar-refractivity contribution is 7.17. The van der Waals surface area contributed by atoms with E-state index in [0.717, 1.165) is 22.6 Å². The normalized spacial score (nSPS) is 13.2. The van der Waals surface area contributed by atoms with Crippen LogP contribution < -0.4 is 5.32 Å². The zero-order valence-electron chi connectivity index (χ0n) is 11.5. The van der Waals surface area contributed by atoms with E-state index in [1.807, 2.05) is 19.4 Å². The Balaban J connectivity index is 1.65. The molecule has 0 spiro atoms. The van der Waals surface area contributed by atoms with Crippen molar-refractivity contribution in [2.75, 3.05) is 7.05 Å². The molecule has 0 aromatic carbocycles. The zero-order chi connectivity index (χ0) is 14.2. The van der Waals surface area contributed by atoms with Gasteiger partial charge in [-0.15, -0.1) is 22.7 Å². The van der Waals surface area contributed by atoms with Gasteiger partial charge in [-0.2, -0.15) is 0 Å². The Bertz CT molecular complexity index is 861. The molecule has 4 heterocycles. The van der Waals surface area contributed by atoms with Crippen LogP contribution in [0.2, 0.25) is 0 Å². The van der Waals surface area contributed by atoms with Crippen molar-refractivity contribution in [3.8, 4) is 0 Å². The topological polar surface area (TPSA) is 42.2 Å². The van der Waals surface area contributed by atoms with Crippen molar-refractivity contribution < 1.29 is 0 Å². The molecule has 0 aliphatic heterocycles. The summed E-state index contributed by atoms with van der Waals surface area (Å²) in [5.41, 5.74) is 3.39. The predicted octanol–water partition coefficient (Wildman–Crippen LogP) is 3.51. The molecule has 1 N–H and O–H groups in total. The van der Waals surface area contributed by atoms with Gasteiger partial charge in [0.2, 0.25) is 0 Å². The first kappa shape index (κ1) is 12.9. The lowest BCUT2D eigenvalue weighted by atomic mass is 10.0. The quantitative estimate of drug-likeness (QED) is 0.627. The first-order valence-electron chi connectivity index (χ1n) is 6.75. The summed E-state index contributed by atoms with van der Waals surface area (Å²) in [6.45, 7) is 0. The minimum Gasteiger partial charge on any atom is -0.313 e. The van der Waals surface area contributed by atoms with Gasteiger partial charge in [0.1, 0.15) is 0 Å². The van der Waals surface area contributed by atoms with Gasteiger partial charge in [0.15, 0.2) is 4.96 Å². The maximum Gasteiger partial charge on any atom is 0.193 e. The lowest BCUT2D eigenvalue weighted by molar-refractivity contribution is 0.585. The van der Waals surface area contributed by atoms with E-state index < -0.39 is 0 Å². The molecule has 0 fully saturated rings. The standard InChI is InChI=1S/C15H14N4S2/c1-16-13(7-11-9-19-3-5-21-15(19)18-11)10-6-14-12(17-8-10)2-4-20-14/h2-6,8-9,13,16H,7H2,1H3. The van der Waals surface area contributed by atoms with E-state index in [2.05, 4.69) is 48.8 Å². The van der Waals surface area contributed by atoms with Crippen LogP contribution in [0, 0.1) is 0 Å². The SMILES string of the molecule is CNC(Cc1cn2ccsc2n1)c1cnc2ccsc2c1. The van der Waals surface area contributed by atoms with Gasteiger partial charge >= 0.3 is 0 Å². The van der Waals surface area contributed by atoms with E-state index in [1.165, 1.54) is 10.3 Å². The lowest BCUT2D eigenvalue weighted by Crippen LogP contribution is -2.19. The van der Waals surface area contributed by atoms with Crippen LogP contribution in [-0.4, -0.2) is 21.4 Å². The molecule has 21 heavy (non-hydrogen) atoms. The lowest BCUT2D eigenvalue weighted by Gasteiger charge is -2.15. The molecule has 4 nitrogen and oxygen atoms in total. The Morgan fingerprint density at radius 1 is 1.33 bits per heavy atom. The molecule has 0 saturated heterocycles. The van der Waals surface area contributed by atoms with Crippen molar-refractivity contribution >= 4 is 37.9 Å². The number of hydrogen-bond donors (Lipinski definition) is 1. The summed E-state index contributed by atoms with van der Waals surface area (Å²) in [5, 5.41) is 7.51. The maximum atomic E-state index is 4.66. The van der Waals surface area contributed by atoms with Gasteiger partial charge in [-0.05, 0) is 30.1 Å². The number of likely N-dealkylation sites (N-methyl/N-ethyl adjacent to an activating group) is 1. The summed E-state index contributed by atoms with van der Waals surface area (Å²) in [4.78, 5) is 10.2. The van der Waals surface area contributed by atoms with Crippen molar-refractivity contribution in [3.05, 3.63) is 52.7 Å². The molecule has 0 saturated carbocycles. The average Bonchev–Trinajstić information content (AvgIpc) is 3.18. The van der Waals surface area contributed by atoms with Crippen LogP contribution in [0.25, 0.3) is 15.2 Å². The van der Waals surface area contributed by atoms with Crippen molar-refractivity contribution in [2.24, 2.45) is 0 Å². The van der Waals surface area contributed by atoms with E-state index in [0.29, 0.717) is 0 Å². The van der Waals surface area contributed by atoms with Crippen LogP contribution in [-0.2, 0) is 6.42 Å². The Morgan fingerprint density at radius 3 is 3.14 bits per heavy atom. The highest BCUT2D eigenvalue weighted by Crippen LogP contribution is 2.25. The van der Waals surface area contributed by atoms with Gasteiger partial charge in [0, 0.05) is 36.4 Å². The minimum atomic E-state index is 0.230. The Kier molecular flexibility index (Phi) is 3.21. The monoisotopic (exact) mass is 314 g/mol. The molecule has 0 aliphatic rings. The van der Waals surface area contributed by atoms with Gasteiger partial charge in [0.25, 0.3) is 0 Å². The molecule has 0 amide bonds. The van der Waals surface area contributed by atoms with E-state index in [-0.39, 0.29) is 6.04 Å². The molecule has 1 unspecified atom stereocenters. The Morgan fingerprint density at radius 2 is 2.29 bits per heavy atom. The number of aromatic nitrogens is 3. The molecule has 0 aliphatic carbocycles. The first-order valence-corrected chi connectivity index (χ1v) is 8.51. The van der Waals surface area contributed by atoms with Gasteiger partial charge in [-0.3, -0.25) is 9.38 Å². The third-order valence-corrected chi connectivity index (χ3v) is 5.25. The summed E-state index contributed by atoms with van der Waals surface area (Å²) < 4.78 is 3.31. The fourth-order valence-corrected chi connectivity index (χ4v) is 4.03. The number of imidazole rings is 1. The summed E-state index contributed by atoms with van der Waals surface area (Å²) in [6, 6.07) is 4.52. The molecule has 0 bridgehead atoms. The fraction of sp³-hybridized carbons (Fsp3) is 0.200. The maximum absolute atomic E-state index is 4.66. The third-order valence-electron chi connectivity index (χ3n) is 3.63. The summed E-state index contributed by atoms with van der Waals surface area (Å²) in [5.74, 6) is 0. The van der Waals surface area contributed by atoms with Crippen molar-refractivity contribution in [1.29, 1.82) is 0 Å². The number of thiazole rings is 1. The summed E-state index contributed by atoms with van der Waals surface area (Å²) in [7, 11) is 1.99. The smallest absolute Gasteiger partial charge is 0.193 e. The van der Waals surface area contributed by atoms with Crippen LogP contribution in [0.4, 0.5) is 0 Å². The second-order valence-electron chi connectivity index (χ2n) is 4.94. The zero-order valence-corrected chi connectivity index (χ0v) is 13.1. The van der Waals surface area contributed by atoms with Crippen LogP contribution in [0.15, 0.2) is 41.5 Å². The average molecular weight is 314 g/mol. The molecule has 6 heteroatoms. The number of fused-ring (bicyclic) bond motifs is 2. The summed E-state index contributed by atoms with van der Waals surface area (Å²) in [6.07, 6.45) is 6.98. The molecule has 4 aromatic heterocycles. The molecule has 4 aromatic rings. The Hall–Kier alpha value is -1.76. The molecule has 1 atom stereocenters. The van der Waals surface area contributed by atoms with E-state index in [9.17, 15) is 0 Å². The van der Waals surface area contributed by atoms with Gasteiger partial charge in [0.05, 0.1) is 15.9 Å². The van der Waals surface area contributed by atoms with Gasteiger partial charge < -0.3 is 5.32 Å². The van der Waals surface area contributed by atoms with Gasteiger partial charge in [-0.25, -0.2) is 4.98 Å². The minimum absolute atomic E-state index is 0.230. The van der Waals surface area contributed by atoms with Crippen LogP contribution in [0.5, 0.6) is 0 Å². The number of thiophene rings is 1. The molecular formula is C15H14N4S2. The molecular weight excluding hydrogens is 300 g/mol. The number of nitrogens with zero attached hydrogens (tertiary/aromatic N) is 3. The van der Waals surface area contributed by atoms with Crippen LogP contribution >= 0.6 is 22.7 Å². The van der Waals surface area contributed by atoms with Crippen LogP contribution in [0.1, 0.15) is 17.3 Å². The predicted molar refractivity (Wildman–Crippen MR) is 88.2 cm³/mol. The highest BCUT2D eigenvalue weighted by atomic mass is 32.1. The number of pyridine rings is 1. The molecule has 0 radical (unpaired) electrons.